The van der Waals surface area contributed by atoms with Crippen molar-refractivity contribution in [1.29, 1.82) is 0 Å². The summed E-state index contributed by atoms with van der Waals surface area (Å²) in [4.78, 5) is 0. The predicted octanol–water partition coefficient (Wildman–Crippen LogP) is 8.90. The van der Waals surface area contributed by atoms with Crippen LogP contribution < -0.4 is 15.9 Å². The molecular formula is C30H37Br2P. The molecule has 0 bridgehead atoms. The molecule has 33 heavy (non-hydrogen) atoms. The molecule has 0 heterocycles. The van der Waals surface area contributed by atoms with E-state index in [1.807, 2.05) is 0 Å². The third-order valence-electron chi connectivity index (χ3n) is 6.50. The molecule has 0 radical (unpaired) electrons. The van der Waals surface area contributed by atoms with Gasteiger partial charge in [0.25, 0.3) is 0 Å². The van der Waals surface area contributed by atoms with Crippen molar-refractivity contribution in [3.63, 3.8) is 0 Å². The van der Waals surface area contributed by atoms with Crippen LogP contribution in [0.5, 0.6) is 0 Å². The molecule has 3 aromatic rings. The second-order valence-corrected chi connectivity index (χ2v) is 18.6. The van der Waals surface area contributed by atoms with Gasteiger partial charge in [-0.1, -0.05) is 15.9 Å². The van der Waals surface area contributed by atoms with E-state index < -0.39 is 5.31 Å². The van der Waals surface area contributed by atoms with E-state index in [-0.39, 0.29) is 0 Å². The van der Waals surface area contributed by atoms with Gasteiger partial charge in [0, 0.05) is 0 Å². The number of hydrogen-bond donors (Lipinski definition) is 0. The summed E-state index contributed by atoms with van der Waals surface area (Å²) < 4.78 is 0. The van der Waals surface area contributed by atoms with Crippen molar-refractivity contribution >= 4 is 52.6 Å². The Kier molecular flexibility index (Phi) is 10.9. The molecule has 0 aliphatic rings. The van der Waals surface area contributed by atoms with Gasteiger partial charge < -0.3 is 0 Å². The van der Waals surface area contributed by atoms with Crippen molar-refractivity contribution in [2.45, 2.75) is 51.4 Å². The van der Waals surface area contributed by atoms with Gasteiger partial charge in [0.05, 0.1) is 0 Å². The summed E-state index contributed by atoms with van der Waals surface area (Å²) >= 11 is 8.04. The molecule has 0 N–H and O–H groups in total. The first-order chi connectivity index (χ1) is 16.2. The van der Waals surface area contributed by atoms with Crippen LogP contribution in [0.3, 0.4) is 0 Å². The average molecular weight is 588 g/mol. The maximum absolute atomic E-state index is 4.52. The summed E-state index contributed by atoms with van der Waals surface area (Å²) in [6.45, 7) is 0. The fraction of sp³-hybridized carbons (Fsp3) is 0.333. The molecule has 0 fully saturated rings. The minimum atomic E-state index is -2.81. The number of hydrogen-bond acceptors (Lipinski definition) is 0. The second-order valence-electron chi connectivity index (χ2n) is 8.80. The quantitative estimate of drug-likeness (QED) is 0.0764. The van der Waals surface area contributed by atoms with Crippen LogP contribution in [0, 0.1) is 0 Å². The van der Waals surface area contributed by atoms with E-state index in [1.165, 1.54) is 67.3 Å². The van der Waals surface area contributed by atoms with Gasteiger partial charge >= 0.3 is 203 Å². The van der Waals surface area contributed by atoms with Crippen LogP contribution >= 0.6 is 36.7 Å². The molecule has 0 aromatic heterocycles. The number of halogens is 2. The Morgan fingerprint density at radius 3 is 1.33 bits per heavy atom. The molecule has 0 aliphatic carbocycles. The Hall–Kier alpha value is -1.21. The minimum absolute atomic E-state index is 0.982. The number of allylic oxidation sites excluding steroid dienone is 2. The topological polar surface area (TPSA) is 0 Å². The van der Waals surface area contributed by atoms with Crippen molar-refractivity contribution in [1.82, 2.24) is 0 Å². The summed E-state index contributed by atoms with van der Waals surface area (Å²) in [6, 6.07) is 33.2. The Labute approximate surface area is 217 Å². The molecule has 3 heteroatoms. The van der Waals surface area contributed by atoms with Gasteiger partial charge in [0.2, 0.25) is 0 Å². The van der Waals surface area contributed by atoms with Gasteiger partial charge in [-0.3, -0.25) is 0 Å². The monoisotopic (exact) mass is 586 g/mol. The zero-order valence-corrected chi connectivity index (χ0v) is 23.7. The molecular weight excluding hydrogens is 551 g/mol. The summed E-state index contributed by atoms with van der Waals surface area (Å²) in [5.74, 6) is 0. The van der Waals surface area contributed by atoms with Gasteiger partial charge in [-0.25, -0.2) is 0 Å². The number of benzene rings is 3. The van der Waals surface area contributed by atoms with Crippen LogP contribution in [0.1, 0.15) is 51.4 Å². The molecule has 0 amide bonds. The van der Waals surface area contributed by atoms with Crippen molar-refractivity contribution in [2.75, 3.05) is 11.5 Å². The first-order valence-electron chi connectivity index (χ1n) is 12.3. The molecule has 0 aliphatic heterocycles. The van der Waals surface area contributed by atoms with Crippen LogP contribution in [0.25, 0.3) is 0 Å². The third kappa shape index (κ3) is 6.68. The van der Waals surface area contributed by atoms with Crippen molar-refractivity contribution in [2.24, 2.45) is 0 Å². The Morgan fingerprint density at radius 1 is 0.515 bits per heavy atom. The zero-order valence-electron chi connectivity index (χ0n) is 19.6. The van der Waals surface area contributed by atoms with Gasteiger partial charge in [-0.2, -0.15) is 0 Å². The molecule has 0 saturated heterocycles. The summed E-state index contributed by atoms with van der Waals surface area (Å²) in [5.41, 5.74) is 0. The predicted molar refractivity (Wildman–Crippen MR) is 159 cm³/mol. The van der Waals surface area contributed by atoms with Gasteiger partial charge in [-0.05, 0) is 0 Å². The van der Waals surface area contributed by atoms with Crippen LogP contribution in [0.15, 0.2) is 103 Å². The molecule has 0 saturated carbocycles. The first-order valence-corrected chi connectivity index (χ1v) is 17.9. The van der Waals surface area contributed by atoms with Crippen LogP contribution in [-0.4, -0.2) is 11.5 Å². The summed E-state index contributed by atoms with van der Waals surface area (Å²) in [7, 11) is 0. The van der Waals surface area contributed by atoms with Gasteiger partial charge in [-0.15, -0.1) is 0 Å². The molecule has 0 unspecified atom stereocenters. The van der Waals surface area contributed by atoms with E-state index >= 15 is 0 Å². The van der Waals surface area contributed by atoms with E-state index in [9.17, 15) is 0 Å². The SMILES string of the molecule is BrCCCCCCCCCC=CCP(Br)(c1ccccc1)(c1ccccc1)c1ccccc1. The van der Waals surface area contributed by atoms with E-state index in [1.54, 1.807) is 0 Å². The zero-order chi connectivity index (χ0) is 23.3. The Balaban J connectivity index is 1.79. The van der Waals surface area contributed by atoms with Crippen LogP contribution in [0.2, 0.25) is 0 Å². The fourth-order valence-corrected chi connectivity index (χ4v) is 12.1. The van der Waals surface area contributed by atoms with E-state index in [4.69, 9.17) is 0 Å². The molecule has 176 valence electrons. The van der Waals surface area contributed by atoms with E-state index in [0.29, 0.717) is 0 Å². The average Bonchev–Trinajstić information content (AvgIpc) is 2.89. The molecule has 0 atom stereocenters. The maximum atomic E-state index is 4.52. The molecule has 3 aromatic carbocycles. The second kappa shape index (κ2) is 13.6. The third-order valence-corrected chi connectivity index (χ3v) is 16.6. The molecule has 3 rings (SSSR count). The van der Waals surface area contributed by atoms with Crippen LogP contribution in [0.4, 0.5) is 0 Å². The summed E-state index contributed by atoms with van der Waals surface area (Å²) in [5, 5.41) is 2.49. The Bertz CT molecular complexity index is 855. The van der Waals surface area contributed by atoms with E-state index in [2.05, 4.69) is 135 Å². The number of rotatable bonds is 14. The normalized spacial score (nSPS) is 13.1. The summed E-state index contributed by atoms with van der Waals surface area (Å²) in [6.07, 6.45) is 16.4. The first kappa shape index (κ1) is 26.4. The van der Waals surface area contributed by atoms with Crippen molar-refractivity contribution < 1.29 is 0 Å². The molecule has 0 nitrogen and oxygen atoms in total. The molecule has 0 spiro atoms. The van der Waals surface area contributed by atoms with Gasteiger partial charge in [0.15, 0.2) is 0 Å². The number of alkyl halides is 1. The van der Waals surface area contributed by atoms with Crippen molar-refractivity contribution in [3.05, 3.63) is 103 Å². The standard InChI is InChI=1S/C30H37Br2P/c31-26-18-7-5-3-1-2-4-6-8-19-27-33(32,28-20-12-9-13-21-28,29-22-14-10-15-23-29)30-24-16-11-17-25-30/h8-17,19-25H,1-7,18,26-27H2. The van der Waals surface area contributed by atoms with Crippen molar-refractivity contribution in [3.8, 4) is 0 Å². The van der Waals surface area contributed by atoms with Gasteiger partial charge in [0.1, 0.15) is 0 Å². The van der Waals surface area contributed by atoms with E-state index in [0.717, 1.165) is 11.5 Å². The van der Waals surface area contributed by atoms with Crippen LogP contribution in [-0.2, 0) is 0 Å². The fourth-order valence-electron chi connectivity index (χ4n) is 4.61. The Morgan fingerprint density at radius 2 is 0.909 bits per heavy atom. The number of unbranched alkanes of at least 4 members (excludes halogenated alkanes) is 7.